The van der Waals surface area contributed by atoms with Crippen LogP contribution in [-0.2, 0) is 6.54 Å². The Balaban J connectivity index is 1.34. The molecule has 23 heavy (non-hydrogen) atoms. The average Bonchev–Trinajstić information content (AvgIpc) is 3.41. The van der Waals surface area contributed by atoms with E-state index in [1.165, 1.54) is 18.4 Å². The highest BCUT2D eigenvalue weighted by Gasteiger charge is 2.22. The van der Waals surface area contributed by atoms with Gasteiger partial charge < -0.3 is 10.2 Å². The molecule has 1 aromatic carbocycles. The van der Waals surface area contributed by atoms with E-state index in [9.17, 15) is 0 Å². The zero-order valence-electron chi connectivity index (χ0n) is 13.4. The van der Waals surface area contributed by atoms with Crippen LogP contribution in [0.3, 0.4) is 0 Å². The Hall–Kier alpha value is -2.14. The first-order chi connectivity index (χ1) is 11.4. The molecular formula is C18H23N5. The lowest BCUT2D eigenvalue weighted by Crippen LogP contribution is -2.46. The van der Waals surface area contributed by atoms with Gasteiger partial charge in [0.25, 0.3) is 0 Å². The van der Waals surface area contributed by atoms with Gasteiger partial charge in [-0.25, -0.2) is 9.97 Å². The maximum Gasteiger partial charge on any atom is 0.134 e. The van der Waals surface area contributed by atoms with Gasteiger partial charge in [0.05, 0.1) is 0 Å². The van der Waals surface area contributed by atoms with Gasteiger partial charge in [-0.1, -0.05) is 30.3 Å². The predicted molar refractivity (Wildman–Crippen MR) is 92.6 cm³/mol. The molecule has 120 valence electrons. The minimum atomic E-state index is 0.625. The number of hydrogen-bond acceptors (Lipinski definition) is 5. The fourth-order valence-electron chi connectivity index (χ4n) is 3.01. The third kappa shape index (κ3) is 3.79. The molecule has 5 heteroatoms. The molecule has 2 heterocycles. The van der Waals surface area contributed by atoms with Gasteiger partial charge in [0.2, 0.25) is 0 Å². The predicted octanol–water partition coefficient (Wildman–Crippen LogP) is 2.37. The summed E-state index contributed by atoms with van der Waals surface area (Å²) in [5.41, 5.74) is 1.39. The van der Waals surface area contributed by atoms with Gasteiger partial charge in [-0.3, -0.25) is 4.90 Å². The second-order valence-electron chi connectivity index (χ2n) is 6.43. The zero-order chi connectivity index (χ0) is 15.5. The van der Waals surface area contributed by atoms with Crippen molar-refractivity contribution in [1.82, 2.24) is 14.9 Å². The van der Waals surface area contributed by atoms with Crippen LogP contribution >= 0.6 is 0 Å². The van der Waals surface area contributed by atoms with Crippen molar-refractivity contribution in [3.8, 4) is 0 Å². The van der Waals surface area contributed by atoms with Gasteiger partial charge in [0.1, 0.15) is 18.0 Å². The maximum absolute atomic E-state index is 4.46. The Morgan fingerprint density at radius 1 is 1.00 bits per heavy atom. The summed E-state index contributed by atoms with van der Waals surface area (Å²) in [5, 5.41) is 3.45. The van der Waals surface area contributed by atoms with Gasteiger partial charge in [0.15, 0.2) is 0 Å². The van der Waals surface area contributed by atoms with E-state index in [1.807, 2.05) is 0 Å². The summed E-state index contributed by atoms with van der Waals surface area (Å²) in [6, 6.07) is 13.4. The third-order valence-corrected chi connectivity index (χ3v) is 4.53. The Morgan fingerprint density at radius 2 is 1.78 bits per heavy atom. The highest BCUT2D eigenvalue weighted by atomic mass is 15.3. The lowest BCUT2D eigenvalue weighted by atomic mass is 10.2. The Kier molecular flexibility index (Phi) is 4.11. The zero-order valence-corrected chi connectivity index (χ0v) is 13.4. The lowest BCUT2D eigenvalue weighted by molar-refractivity contribution is 0.249. The van der Waals surface area contributed by atoms with Crippen molar-refractivity contribution in [2.24, 2.45) is 0 Å². The van der Waals surface area contributed by atoms with Crippen LogP contribution in [0, 0.1) is 0 Å². The fraction of sp³-hybridized carbons (Fsp3) is 0.444. The normalized spacial score (nSPS) is 18.9. The van der Waals surface area contributed by atoms with E-state index in [-0.39, 0.29) is 0 Å². The number of hydrogen-bond donors (Lipinski definition) is 1. The Labute approximate surface area is 137 Å². The fourth-order valence-corrected chi connectivity index (χ4v) is 3.01. The average molecular weight is 309 g/mol. The SMILES string of the molecule is c1ccc(CN2CCN(c3cc(NC4CC4)ncn3)CC2)cc1. The quantitative estimate of drug-likeness (QED) is 0.918. The number of aromatic nitrogens is 2. The molecule has 2 aromatic rings. The summed E-state index contributed by atoms with van der Waals surface area (Å²) in [5.74, 6) is 2.01. The van der Waals surface area contributed by atoms with E-state index < -0.39 is 0 Å². The van der Waals surface area contributed by atoms with Gasteiger partial charge in [0, 0.05) is 44.8 Å². The van der Waals surface area contributed by atoms with Crippen LogP contribution in [0.2, 0.25) is 0 Å². The van der Waals surface area contributed by atoms with Crippen molar-refractivity contribution in [3.05, 3.63) is 48.3 Å². The highest BCUT2D eigenvalue weighted by molar-refractivity contribution is 5.49. The van der Waals surface area contributed by atoms with Crippen molar-refractivity contribution in [3.63, 3.8) is 0 Å². The second-order valence-corrected chi connectivity index (χ2v) is 6.43. The summed E-state index contributed by atoms with van der Waals surface area (Å²) in [6.07, 6.45) is 4.20. The number of benzene rings is 1. The molecule has 0 bridgehead atoms. The van der Waals surface area contributed by atoms with Crippen molar-refractivity contribution in [2.45, 2.75) is 25.4 Å². The van der Waals surface area contributed by atoms with E-state index >= 15 is 0 Å². The molecule has 0 amide bonds. The van der Waals surface area contributed by atoms with Crippen LogP contribution < -0.4 is 10.2 Å². The van der Waals surface area contributed by atoms with E-state index in [0.717, 1.165) is 44.4 Å². The summed E-state index contributed by atoms with van der Waals surface area (Å²) in [4.78, 5) is 13.7. The lowest BCUT2D eigenvalue weighted by Gasteiger charge is -2.35. The highest BCUT2D eigenvalue weighted by Crippen LogP contribution is 2.25. The minimum Gasteiger partial charge on any atom is -0.367 e. The standard InChI is InChI=1S/C18H23N5/c1-2-4-15(5-3-1)13-22-8-10-23(11-9-22)18-12-17(19-14-20-18)21-16-6-7-16/h1-5,12,14,16H,6-11,13H2,(H,19,20,21). The molecule has 2 aliphatic rings. The first-order valence-corrected chi connectivity index (χ1v) is 8.47. The Bertz CT molecular complexity index is 633. The molecule has 1 aromatic heterocycles. The molecule has 0 atom stereocenters. The van der Waals surface area contributed by atoms with Gasteiger partial charge in [-0.15, -0.1) is 0 Å². The summed E-state index contributed by atoms with van der Waals surface area (Å²) in [6.45, 7) is 5.22. The first-order valence-electron chi connectivity index (χ1n) is 8.47. The molecule has 1 aliphatic carbocycles. The molecule has 4 rings (SSSR count). The Morgan fingerprint density at radius 3 is 2.52 bits per heavy atom. The van der Waals surface area contributed by atoms with Gasteiger partial charge >= 0.3 is 0 Å². The van der Waals surface area contributed by atoms with Crippen molar-refractivity contribution in [2.75, 3.05) is 36.4 Å². The molecule has 1 saturated carbocycles. The summed E-state index contributed by atoms with van der Waals surface area (Å²) in [7, 11) is 0. The van der Waals surface area contributed by atoms with Crippen molar-refractivity contribution >= 4 is 11.6 Å². The monoisotopic (exact) mass is 309 g/mol. The molecule has 2 fully saturated rings. The molecule has 0 spiro atoms. The first kappa shape index (κ1) is 14.5. The van der Waals surface area contributed by atoms with Crippen LogP contribution in [-0.4, -0.2) is 47.1 Å². The maximum atomic E-state index is 4.46. The number of nitrogens with zero attached hydrogens (tertiary/aromatic N) is 4. The topological polar surface area (TPSA) is 44.3 Å². The number of nitrogens with one attached hydrogen (secondary N) is 1. The van der Waals surface area contributed by atoms with Gasteiger partial charge in [-0.2, -0.15) is 0 Å². The van der Waals surface area contributed by atoms with E-state index in [1.54, 1.807) is 6.33 Å². The van der Waals surface area contributed by atoms with Crippen LogP contribution in [0.1, 0.15) is 18.4 Å². The summed E-state index contributed by atoms with van der Waals surface area (Å²) >= 11 is 0. The van der Waals surface area contributed by atoms with E-state index in [0.29, 0.717) is 6.04 Å². The van der Waals surface area contributed by atoms with Crippen LogP contribution in [0.5, 0.6) is 0 Å². The van der Waals surface area contributed by atoms with Crippen LogP contribution in [0.4, 0.5) is 11.6 Å². The van der Waals surface area contributed by atoms with E-state index in [2.05, 4.69) is 61.5 Å². The molecule has 1 N–H and O–H groups in total. The van der Waals surface area contributed by atoms with E-state index in [4.69, 9.17) is 0 Å². The smallest absolute Gasteiger partial charge is 0.134 e. The largest absolute Gasteiger partial charge is 0.367 e. The van der Waals surface area contributed by atoms with Crippen molar-refractivity contribution in [1.29, 1.82) is 0 Å². The van der Waals surface area contributed by atoms with Crippen LogP contribution in [0.25, 0.3) is 0 Å². The molecular weight excluding hydrogens is 286 g/mol. The van der Waals surface area contributed by atoms with Crippen molar-refractivity contribution < 1.29 is 0 Å². The number of anilines is 2. The number of piperazine rings is 1. The molecule has 1 aliphatic heterocycles. The minimum absolute atomic E-state index is 0.625. The summed E-state index contributed by atoms with van der Waals surface area (Å²) < 4.78 is 0. The van der Waals surface area contributed by atoms with Gasteiger partial charge in [-0.05, 0) is 18.4 Å². The third-order valence-electron chi connectivity index (χ3n) is 4.53. The van der Waals surface area contributed by atoms with Crippen LogP contribution in [0.15, 0.2) is 42.7 Å². The number of rotatable bonds is 5. The second kappa shape index (κ2) is 6.54. The molecule has 5 nitrogen and oxygen atoms in total. The molecule has 1 saturated heterocycles. The molecule has 0 unspecified atom stereocenters. The molecule has 0 radical (unpaired) electrons.